The summed E-state index contributed by atoms with van der Waals surface area (Å²) in [5.74, 6) is 0.183. The van der Waals surface area contributed by atoms with E-state index in [-0.39, 0.29) is 18.3 Å². The van der Waals surface area contributed by atoms with Crippen molar-refractivity contribution >= 4 is 18.0 Å². The van der Waals surface area contributed by atoms with Gasteiger partial charge in [0.15, 0.2) is 0 Å². The van der Waals surface area contributed by atoms with E-state index in [2.05, 4.69) is 4.90 Å². The summed E-state index contributed by atoms with van der Waals surface area (Å²) >= 11 is 0. The first-order chi connectivity index (χ1) is 12.2. The van der Waals surface area contributed by atoms with Gasteiger partial charge in [0, 0.05) is 38.8 Å². The molecule has 1 aromatic heterocycles. The number of hydrogen-bond donors (Lipinski definition) is 0. The fourth-order valence-electron chi connectivity index (χ4n) is 2.52. The summed E-state index contributed by atoms with van der Waals surface area (Å²) < 4.78 is 15.5. The van der Waals surface area contributed by atoms with Crippen molar-refractivity contribution in [3.63, 3.8) is 0 Å². The first-order valence-electron chi connectivity index (χ1n) is 8.65. The molecule has 0 unspecified atom stereocenters. The minimum Gasteiger partial charge on any atom is -0.466 e. The Bertz CT molecular complexity index is 550. The maximum absolute atomic E-state index is 12.5. The predicted molar refractivity (Wildman–Crippen MR) is 92.8 cm³/mol. The minimum absolute atomic E-state index is 0.144. The van der Waals surface area contributed by atoms with E-state index < -0.39 is 0 Å². The number of hydrogen-bond acceptors (Lipinski definition) is 6. The third-order valence-corrected chi connectivity index (χ3v) is 3.93. The number of nitrogens with zero attached hydrogens (tertiary/aromatic N) is 2. The summed E-state index contributed by atoms with van der Waals surface area (Å²) in [7, 11) is 0. The van der Waals surface area contributed by atoms with E-state index in [9.17, 15) is 9.59 Å². The first-order valence-corrected chi connectivity index (χ1v) is 8.65. The highest BCUT2D eigenvalue weighted by Gasteiger charge is 2.16. The predicted octanol–water partition coefficient (Wildman–Crippen LogP) is 1.41. The van der Waals surface area contributed by atoms with Crippen LogP contribution in [0.5, 0.6) is 0 Å². The van der Waals surface area contributed by atoms with E-state index in [0.717, 1.165) is 32.8 Å². The lowest BCUT2D eigenvalue weighted by molar-refractivity contribution is -0.143. The van der Waals surface area contributed by atoms with Crippen molar-refractivity contribution in [1.82, 2.24) is 9.80 Å². The Balaban J connectivity index is 1.89. The van der Waals surface area contributed by atoms with Crippen molar-refractivity contribution in [2.75, 3.05) is 52.5 Å². The summed E-state index contributed by atoms with van der Waals surface area (Å²) in [4.78, 5) is 28.0. The second-order valence-corrected chi connectivity index (χ2v) is 5.68. The zero-order valence-electron chi connectivity index (χ0n) is 14.7. The van der Waals surface area contributed by atoms with Crippen LogP contribution in [0.15, 0.2) is 28.9 Å². The average Bonchev–Trinajstić information content (AvgIpc) is 3.14. The summed E-state index contributed by atoms with van der Waals surface area (Å²) in [5, 5.41) is 0. The molecule has 1 aliphatic rings. The van der Waals surface area contributed by atoms with E-state index >= 15 is 0 Å². The summed E-state index contributed by atoms with van der Waals surface area (Å²) in [6.45, 7) is 6.93. The molecule has 0 radical (unpaired) electrons. The maximum Gasteiger partial charge on any atom is 0.307 e. The number of carbonyl (C=O) groups excluding carboxylic acids is 2. The molecule has 0 N–H and O–H groups in total. The van der Waals surface area contributed by atoms with Crippen LogP contribution < -0.4 is 0 Å². The Morgan fingerprint density at radius 3 is 2.80 bits per heavy atom. The van der Waals surface area contributed by atoms with Crippen molar-refractivity contribution in [1.29, 1.82) is 0 Å². The fourth-order valence-corrected chi connectivity index (χ4v) is 2.52. The van der Waals surface area contributed by atoms with Crippen LogP contribution in [0.25, 0.3) is 6.08 Å². The van der Waals surface area contributed by atoms with Gasteiger partial charge in [0.1, 0.15) is 5.76 Å². The van der Waals surface area contributed by atoms with Gasteiger partial charge in [0.25, 0.3) is 0 Å². The van der Waals surface area contributed by atoms with Crippen LogP contribution in [-0.2, 0) is 19.1 Å². The average molecular weight is 350 g/mol. The molecule has 0 aliphatic carbocycles. The van der Waals surface area contributed by atoms with Gasteiger partial charge in [-0.2, -0.15) is 0 Å². The van der Waals surface area contributed by atoms with Crippen molar-refractivity contribution in [2.45, 2.75) is 13.3 Å². The summed E-state index contributed by atoms with van der Waals surface area (Å²) in [6.07, 6.45) is 4.86. The Hall–Kier alpha value is -2.12. The molecule has 0 spiro atoms. The molecular weight excluding hydrogens is 324 g/mol. The van der Waals surface area contributed by atoms with E-state index in [1.165, 1.54) is 6.08 Å². The van der Waals surface area contributed by atoms with Gasteiger partial charge >= 0.3 is 5.97 Å². The van der Waals surface area contributed by atoms with Crippen LogP contribution >= 0.6 is 0 Å². The number of esters is 1. The van der Waals surface area contributed by atoms with Crippen LogP contribution in [0.3, 0.4) is 0 Å². The van der Waals surface area contributed by atoms with Gasteiger partial charge in [-0.3, -0.25) is 14.5 Å². The highest BCUT2D eigenvalue weighted by molar-refractivity contribution is 5.91. The smallest absolute Gasteiger partial charge is 0.307 e. The molecule has 1 aromatic rings. The first kappa shape index (κ1) is 19.2. The summed E-state index contributed by atoms with van der Waals surface area (Å²) in [5.41, 5.74) is 0. The quantitative estimate of drug-likeness (QED) is 0.495. The van der Waals surface area contributed by atoms with Gasteiger partial charge in [-0.05, 0) is 25.1 Å². The normalized spacial score (nSPS) is 15.4. The number of furan rings is 1. The molecule has 2 heterocycles. The maximum atomic E-state index is 12.5. The molecule has 1 amide bonds. The molecule has 138 valence electrons. The standard InChI is InChI=1S/C18H26N2O5/c1-2-24-18(22)7-8-20(10-9-19-11-14-23-15-12-19)17(21)6-5-16-4-3-13-25-16/h3-6,13H,2,7-12,14-15H2,1H3/b6-5+. The van der Waals surface area contributed by atoms with Gasteiger partial charge in [0.2, 0.25) is 5.91 Å². The molecule has 0 atom stereocenters. The molecule has 1 saturated heterocycles. The summed E-state index contributed by atoms with van der Waals surface area (Å²) in [6, 6.07) is 3.54. The van der Waals surface area contributed by atoms with E-state index in [1.54, 1.807) is 36.3 Å². The van der Waals surface area contributed by atoms with Gasteiger partial charge in [-0.1, -0.05) is 0 Å². The van der Waals surface area contributed by atoms with E-state index in [1.807, 2.05) is 0 Å². The molecule has 0 saturated carbocycles. The number of carbonyl (C=O) groups is 2. The molecule has 2 rings (SSSR count). The SMILES string of the molecule is CCOC(=O)CCN(CCN1CCOCC1)C(=O)/C=C/c1ccco1. The van der Waals surface area contributed by atoms with Crippen molar-refractivity contribution < 1.29 is 23.5 Å². The minimum atomic E-state index is -0.290. The van der Waals surface area contributed by atoms with Gasteiger partial charge in [-0.15, -0.1) is 0 Å². The van der Waals surface area contributed by atoms with Crippen molar-refractivity contribution in [3.8, 4) is 0 Å². The van der Waals surface area contributed by atoms with Crippen LogP contribution in [0, 0.1) is 0 Å². The van der Waals surface area contributed by atoms with Gasteiger partial charge in [0.05, 0.1) is 32.5 Å². The zero-order chi connectivity index (χ0) is 17.9. The molecule has 0 bridgehead atoms. The molecule has 7 heteroatoms. The van der Waals surface area contributed by atoms with Crippen LogP contribution in [-0.4, -0.2) is 74.2 Å². The van der Waals surface area contributed by atoms with Crippen molar-refractivity contribution in [2.24, 2.45) is 0 Å². The number of morpholine rings is 1. The third-order valence-electron chi connectivity index (χ3n) is 3.93. The zero-order valence-corrected chi connectivity index (χ0v) is 14.7. The lowest BCUT2D eigenvalue weighted by Gasteiger charge is -2.29. The fraction of sp³-hybridized carbons (Fsp3) is 0.556. The molecule has 25 heavy (non-hydrogen) atoms. The number of rotatable bonds is 9. The highest BCUT2D eigenvalue weighted by Crippen LogP contribution is 2.05. The number of ether oxygens (including phenoxy) is 2. The Morgan fingerprint density at radius 1 is 1.32 bits per heavy atom. The molecule has 1 fully saturated rings. The molecular formula is C18H26N2O5. The van der Waals surface area contributed by atoms with Crippen LogP contribution in [0.1, 0.15) is 19.1 Å². The lowest BCUT2D eigenvalue weighted by Crippen LogP contribution is -2.43. The third kappa shape index (κ3) is 7.11. The lowest BCUT2D eigenvalue weighted by atomic mass is 10.3. The Morgan fingerprint density at radius 2 is 2.12 bits per heavy atom. The van der Waals surface area contributed by atoms with Gasteiger partial charge in [-0.25, -0.2) is 0 Å². The monoisotopic (exact) mass is 350 g/mol. The van der Waals surface area contributed by atoms with Crippen molar-refractivity contribution in [3.05, 3.63) is 30.2 Å². The topological polar surface area (TPSA) is 72.2 Å². The van der Waals surface area contributed by atoms with E-state index in [4.69, 9.17) is 13.9 Å². The molecule has 0 aromatic carbocycles. The van der Waals surface area contributed by atoms with Crippen LogP contribution in [0.4, 0.5) is 0 Å². The van der Waals surface area contributed by atoms with Crippen LogP contribution in [0.2, 0.25) is 0 Å². The number of amides is 1. The molecule has 1 aliphatic heterocycles. The van der Waals surface area contributed by atoms with Gasteiger partial charge < -0.3 is 18.8 Å². The second kappa shape index (κ2) is 10.7. The molecule has 7 nitrogen and oxygen atoms in total. The second-order valence-electron chi connectivity index (χ2n) is 5.68. The largest absolute Gasteiger partial charge is 0.466 e. The Labute approximate surface area is 148 Å². The Kier molecular flexibility index (Phi) is 8.21. The highest BCUT2D eigenvalue weighted by atomic mass is 16.5. The van der Waals surface area contributed by atoms with E-state index in [0.29, 0.717) is 25.5 Å².